The Bertz CT molecular complexity index is 321. The van der Waals surface area contributed by atoms with E-state index in [2.05, 4.69) is 37.2 Å². The molecule has 0 aliphatic carbocycles. The topological polar surface area (TPSA) is 17.8 Å². The van der Waals surface area contributed by atoms with Gasteiger partial charge in [-0.15, -0.1) is 0 Å². The zero-order valence-electron chi connectivity index (χ0n) is 8.96. The van der Waals surface area contributed by atoms with Crippen molar-refractivity contribution in [3.05, 3.63) is 17.7 Å². The van der Waals surface area contributed by atoms with Crippen LogP contribution in [0, 0.1) is 5.41 Å². The highest BCUT2D eigenvalue weighted by molar-refractivity contribution is 5.14. The van der Waals surface area contributed by atoms with Crippen molar-refractivity contribution >= 4 is 0 Å². The molecule has 2 rings (SSSR count). The number of nitrogens with zero attached hydrogens (tertiary/aromatic N) is 2. The van der Waals surface area contributed by atoms with E-state index in [0.29, 0.717) is 11.3 Å². The maximum Gasteiger partial charge on any atom is 0.109 e. The average Bonchev–Trinajstić information content (AvgIpc) is 2.41. The lowest BCUT2D eigenvalue weighted by Gasteiger charge is -2.16. The summed E-state index contributed by atoms with van der Waals surface area (Å²) in [4.78, 5) is 4.48. The van der Waals surface area contributed by atoms with E-state index < -0.39 is 0 Å². The molecule has 0 saturated heterocycles. The Morgan fingerprint density at radius 2 is 2.15 bits per heavy atom. The van der Waals surface area contributed by atoms with Crippen LogP contribution in [-0.4, -0.2) is 9.55 Å². The van der Waals surface area contributed by atoms with Gasteiger partial charge >= 0.3 is 0 Å². The SMILES string of the molecule is CC(C)c1cnc2n1CC(C)(C)C2. The molecule has 1 aliphatic heterocycles. The quantitative estimate of drug-likeness (QED) is 0.646. The third-order valence-electron chi connectivity index (χ3n) is 2.78. The van der Waals surface area contributed by atoms with E-state index in [0.717, 1.165) is 13.0 Å². The van der Waals surface area contributed by atoms with Crippen molar-refractivity contribution in [2.75, 3.05) is 0 Å². The number of rotatable bonds is 1. The number of hydrogen-bond donors (Lipinski definition) is 0. The fourth-order valence-electron chi connectivity index (χ4n) is 2.13. The van der Waals surface area contributed by atoms with Crippen LogP contribution >= 0.6 is 0 Å². The monoisotopic (exact) mass is 178 g/mol. The van der Waals surface area contributed by atoms with Gasteiger partial charge in [-0.2, -0.15) is 0 Å². The molecular weight excluding hydrogens is 160 g/mol. The lowest BCUT2D eigenvalue weighted by Crippen LogP contribution is -2.13. The number of imidazole rings is 1. The Balaban J connectivity index is 2.38. The van der Waals surface area contributed by atoms with Gasteiger partial charge < -0.3 is 4.57 Å². The van der Waals surface area contributed by atoms with E-state index in [1.54, 1.807) is 0 Å². The van der Waals surface area contributed by atoms with Crippen LogP contribution in [-0.2, 0) is 13.0 Å². The molecular formula is C11H18N2. The van der Waals surface area contributed by atoms with E-state index in [9.17, 15) is 0 Å². The Labute approximate surface area is 80.0 Å². The van der Waals surface area contributed by atoms with Gasteiger partial charge in [-0.25, -0.2) is 4.98 Å². The summed E-state index contributed by atoms with van der Waals surface area (Å²) in [5, 5.41) is 0. The van der Waals surface area contributed by atoms with E-state index in [4.69, 9.17) is 0 Å². The fraction of sp³-hybridized carbons (Fsp3) is 0.727. The molecule has 0 fully saturated rings. The summed E-state index contributed by atoms with van der Waals surface area (Å²) in [6.45, 7) is 10.2. The molecule has 13 heavy (non-hydrogen) atoms. The molecule has 2 heteroatoms. The predicted octanol–water partition coefficient (Wildman–Crippen LogP) is 2.59. The summed E-state index contributed by atoms with van der Waals surface area (Å²) in [5.41, 5.74) is 1.80. The van der Waals surface area contributed by atoms with Gasteiger partial charge in [-0.05, 0) is 11.3 Å². The third kappa shape index (κ3) is 1.38. The van der Waals surface area contributed by atoms with Gasteiger partial charge in [0.05, 0.1) is 0 Å². The van der Waals surface area contributed by atoms with Gasteiger partial charge in [0.1, 0.15) is 5.82 Å². The summed E-state index contributed by atoms with van der Waals surface area (Å²) in [5.74, 6) is 1.86. The Morgan fingerprint density at radius 3 is 2.77 bits per heavy atom. The minimum atomic E-state index is 0.410. The van der Waals surface area contributed by atoms with Gasteiger partial charge in [-0.3, -0.25) is 0 Å². The summed E-state index contributed by atoms with van der Waals surface area (Å²) >= 11 is 0. The molecule has 0 N–H and O–H groups in total. The highest BCUT2D eigenvalue weighted by Gasteiger charge is 2.31. The lowest BCUT2D eigenvalue weighted by atomic mass is 9.92. The van der Waals surface area contributed by atoms with E-state index in [-0.39, 0.29) is 0 Å². The Hall–Kier alpha value is -0.790. The molecule has 0 atom stereocenters. The minimum Gasteiger partial charge on any atom is -0.331 e. The molecule has 72 valence electrons. The van der Waals surface area contributed by atoms with Crippen molar-refractivity contribution in [1.82, 2.24) is 9.55 Å². The minimum absolute atomic E-state index is 0.410. The lowest BCUT2D eigenvalue weighted by molar-refractivity contribution is 0.353. The van der Waals surface area contributed by atoms with Crippen LogP contribution < -0.4 is 0 Å². The molecule has 1 aromatic rings. The van der Waals surface area contributed by atoms with Crippen LogP contribution in [0.4, 0.5) is 0 Å². The largest absolute Gasteiger partial charge is 0.331 e. The summed E-state index contributed by atoms with van der Waals surface area (Å²) in [6, 6.07) is 0. The van der Waals surface area contributed by atoms with E-state index in [1.165, 1.54) is 11.5 Å². The zero-order chi connectivity index (χ0) is 9.64. The van der Waals surface area contributed by atoms with Crippen LogP contribution in [0.5, 0.6) is 0 Å². The molecule has 0 radical (unpaired) electrons. The highest BCUT2D eigenvalue weighted by atomic mass is 15.1. The molecule has 1 aromatic heterocycles. The first-order valence-electron chi connectivity index (χ1n) is 5.04. The Kier molecular flexibility index (Phi) is 1.76. The van der Waals surface area contributed by atoms with Gasteiger partial charge in [0.2, 0.25) is 0 Å². The summed E-state index contributed by atoms with van der Waals surface area (Å²) in [7, 11) is 0. The van der Waals surface area contributed by atoms with Crippen LogP contribution in [0.1, 0.15) is 45.1 Å². The first-order chi connectivity index (χ1) is 5.99. The molecule has 2 heterocycles. The first-order valence-corrected chi connectivity index (χ1v) is 5.04. The second-order valence-electron chi connectivity index (χ2n) is 5.18. The van der Waals surface area contributed by atoms with Crippen LogP contribution in [0.15, 0.2) is 6.20 Å². The van der Waals surface area contributed by atoms with Crippen molar-refractivity contribution < 1.29 is 0 Å². The van der Waals surface area contributed by atoms with Crippen LogP contribution in [0.3, 0.4) is 0 Å². The Morgan fingerprint density at radius 1 is 1.46 bits per heavy atom. The number of hydrogen-bond acceptors (Lipinski definition) is 1. The summed E-state index contributed by atoms with van der Waals surface area (Å²) in [6.07, 6.45) is 3.16. The number of aromatic nitrogens is 2. The van der Waals surface area contributed by atoms with E-state index >= 15 is 0 Å². The molecule has 0 unspecified atom stereocenters. The zero-order valence-corrected chi connectivity index (χ0v) is 8.96. The predicted molar refractivity (Wildman–Crippen MR) is 53.8 cm³/mol. The maximum atomic E-state index is 4.48. The second-order valence-corrected chi connectivity index (χ2v) is 5.18. The van der Waals surface area contributed by atoms with Crippen molar-refractivity contribution in [3.8, 4) is 0 Å². The van der Waals surface area contributed by atoms with Crippen molar-refractivity contribution in [1.29, 1.82) is 0 Å². The van der Waals surface area contributed by atoms with Crippen LogP contribution in [0.25, 0.3) is 0 Å². The van der Waals surface area contributed by atoms with Gasteiger partial charge in [0.25, 0.3) is 0 Å². The first kappa shape index (κ1) is 8.79. The molecule has 0 bridgehead atoms. The second kappa shape index (κ2) is 2.60. The highest BCUT2D eigenvalue weighted by Crippen LogP contribution is 2.33. The fourth-order valence-corrected chi connectivity index (χ4v) is 2.13. The molecule has 0 saturated carbocycles. The van der Waals surface area contributed by atoms with Crippen LogP contribution in [0.2, 0.25) is 0 Å². The molecule has 0 amide bonds. The third-order valence-corrected chi connectivity index (χ3v) is 2.78. The van der Waals surface area contributed by atoms with E-state index in [1.807, 2.05) is 6.20 Å². The van der Waals surface area contributed by atoms with Gasteiger partial charge in [0.15, 0.2) is 0 Å². The normalized spacial score (nSPS) is 19.5. The number of fused-ring (bicyclic) bond motifs is 1. The average molecular weight is 178 g/mol. The molecule has 0 aromatic carbocycles. The van der Waals surface area contributed by atoms with Crippen molar-refractivity contribution in [2.24, 2.45) is 5.41 Å². The van der Waals surface area contributed by atoms with Gasteiger partial charge in [0, 0.05) is 24.9 Å². The smallest absolute Gasteiger partial charge is 0.109 e. The standard InChI is InChI=1S/C11H18N2/c1-8(2)9-6-12-10-5-11(3,4)7-13(9)10/h6,8H,5,7H2,1-4H3. The van der Waals surface area contributed by atoms with Gasteiger partial charge in [-0.1, -0.05) is 27.7 Å². The molecule has 2 nitrogen and oxygen atoms in total. The van der Waals surface area contributed by atoms with Crippen molar-refractivity contribution in [2.45, 2.75) is 46.6 Å². The summed E-state index contributed by atoms with van der Waals surface area (Å²) < 4.78 is 2.39. The van der Waals surface area contributed by atoms with Crippen molar-refractivity contribution in [3.63, 3.8) is 0 Å². The molecule has 0 spiro atoms. The molecule has 1 aliphatic rings. The maximum absolute atomic E-state index is 4.48.